The lowest BCUT2D eigenvalue weighted by molar-refractivity contribution is -0.320. The fraction of sp³-hybridized carbons (Fsp3) is 0.438. The Morgan fingerprint density at radius 1 is 0.667 bits per heavy atom. The lowest BCUT2D eigenvalue weighted by Crippen LogP contribution is -2.61. The van der Waals surface area contributed by atoms with Crippen molar-refractivity contribution >= 4 is 8.07 Å². The molecule has 3 aromatic carbocycles. The molecule has 0 saturated carbocycles. The van der Waals surface area contributed by atoms with Gasteiger partial charge in [-0.05, 0) is 22.7 Å². The quantitative estimate of drug-likeness (QED) is 0.200. The van der Waals surface area contributed by atoms with E-state index in [9.17, 15) is 5.11 Å². The Bertz CT molecular complexity index is 1080. The van der Waals surface area contributed by atoms with Crippen LogP contribution in [0.3, 0.4) is 0 Å². The summed E-state index contributed by atoms with van der Waals surface area (Å²) in [6, 6.07) is 30.9. The first-order chi connectivity index (χ1) is 18.9. The monoisotopic (exact) mass is 556 g/mol. The van der Waals surface area contributed by atoms with Gasteiger partial charge in [-0.1, -0.05) is 111 Å². The molecule has 0 amide bonds. The molecular weight excluding hydrogens is 514 g/mol. The summed E-state index contributed by atoms with van der Waals surface area (Å²) in [5.41, 5.74) is 3.11. The van der Waals surface area contributed by atoms with Crippen LogP contribution in [0.5, 0.6) is 0 Å². The van der Waals surface area contributed by atoms with Crippen LogP contribution in [0.4, 0.5) is 0 Å². The van der Waals surface area contributed by atoms with Crippen molar-refractivity contribution in [3.8, 4) is 0 Å². The number of ether oxygens (including phenoxy) is 5. The van der Waals surface area contributed by atoms with E-state index >= 15 is 0 Å². The Morgan fingerprint density at radius 2 is 1.15 bits per heavy atom. The molecule has 0 aromatic heterocycles. The second-order valence-electron chi connectivity index (χ2n) is 11.2. The van der Waals surface area contributed by atoms with Crippen LogP contribution in [0.15, 0.2) is 91.0 Å². The van der Waals surface area contributed by atoms with Gasteiger partial charge in [0.05, 0.1) is 26.4 Å². The maximum atomic E-state index is 11.5. The molecule has 39 heavy (non-hydrogen) atoms. The minimum absolute atomic E-state index is 0.209. The molecule has 210 valence electrons. The molecule has 6 nitrogen and oxygen atoms in total. The van der Waals surface area contributed by atoms with Crippen molar-refractivity contribution in [3.63, 3.8) is 0 Å². The van der Waals surface area contributed by atoms with Gasteiger partial charge in [0.1, 0.15) is 24.4 Å². The van der Waals surface area contributed by atoms with Crippen LogP contribution in [-0.2, 0) is 43.5 Å². The van der Waals surface area contributed by atoms with Gasteiger partial charge >= 0.3 is 0 Å². The van der Waals surface area contributed by atoms with Gasteiger partial charge in [0.2, 0.25) is 0 Å². The minimum atomic E-state index is -1.33. The molecule has 1 N–H and O–H groups in total. The topological polar surface area (TPSA) is 66.4 Å². The standard InChI is InChI=1S/C32H42O6Si/c1-39(2,3)20-19-35-32-31(37-23-27-17-11-6-12-18-27)30(36-22-26-15-9-5-10-16-26)29(33)28(38-32)24-34-21-25-13-7-4-8-14-25/h4-18,28-33H,19-24H2,1-3H3/t28-,29-,30+,31-,32-/m1/s1/i24+1,28+1,29+1,30+1,31+1,32+1. The van der Waals surface area contributed by atoms with Crippen molar-refractivity contribution in [2.45, 2.75) is 76.2 Å². The highest BCUT2D eigenvalue weighted by atomic mass is 28.3. The molecule has 1 saturated heterocycles. The Balaban J connectivity index is 1.50. The van der Waals surface area contributed by atoms with E-state index in [1.807, 2.05) is 91.0 Å². The third-order valence-corrected chi connectivity index (χ3v) is 8.42. The van der Waals surface area contributed by atoms with E-state index in [-0.39, 0.29) is 6.61 Å². The Hall–Kier alpha value is -2.36. The molecule has 0 spiro atoms. The van der Waals surface area contributed by atoms with E-state index in [0.29, 0.717) is 26.4 Å². The number of aliphatic hydroxyl groups excluding tert-OH is 1. The van der Waals surface area contributed by atoms with Crippen molar-refractivity contribution in [2.24, 2.45) is 0 Å². The van der Waals surface area contributed by atoms with E-state index in [1.54, 1.807) is 0 Å². The first-order valence-corrected chi connectivity index (χ1v) is 17.5. The first-order valence-electron chi connectivity index (χ1n) is 13.8. The zero-order valence-electron chi connectivity index (χ0n) is 23.3. The van der Waals surface area contributed by atoms with Gasteiger partial charge in [0.15, 0.2) is 6.29 Å². The van der Waals surface area contributed by atoms with Crippen LogP contribution in [0, 0.1) is 0 Å². The minimum Gasteiger partial charge on any atom is -0.387 e. The summed E-state index contributed by atoms with van der Waals surface area (Å²) >= 11 is 0. The van der Waals surface area contributed by atoms with Gasteiger partial charge in [0, 0.05) is 14.7 Å². The summed E-state index contributed by atoms with van der Waals surface area (Å²) in [6.07, 6.45) is -3.55. The van der Waals surface area contributed by atoms with Crippen LogP contribution < -0.4 is 0 Å². The summed E-state index contributed by atoms with van der Waals surface area (Å²) in [5.74, 6) is 0. The fourth-order valence-electron chi connectivity index (χ4n) is 4.41. The highest BCUT2D eigenvalue weighted by Crippen LogP contribution is 2.29. The largest absolute Gasteiger partial charge is 0.387 e. The molecule has 5 atom stereocenters. The molecule has 7 heteroatoms. The van der Waals surface area contributed by atoms with Crippen molar-refractivity contribution in [1.29, 1.82) is 0 Å². The van der Waals surface area contributed by atoms with Crippen LogP contribution in [0.25, 0.3) is 0 Å². The second kappa shape index (κ2) is 14.9. The third-order valence-electron chi connectivity index (χ3n) is 6.72. The number of aliphatic hydroxyl groups is 1. The summed E-state index contributed by atoms with van der Waals surface area (Å²) < 4.78 is 31.4. The molecule has 0 radical (unpaired) electrons. The van der Waals surface area contributed by atoms with Crippen molar-refractivity contribution in [1.82, 2.24) is 0 Å². The smallest absolute Gasteiger partial charge is 0.186 e. The normalized spacial score (nSPS) is 23.5. The predicted octanol–water partition coefficient (Wildman–Crippen LogP) is 5.81. The number of benzene rings is 3. The molecule has 1 aliphatic rings. The van der Waals surface area contributed by atoms with Crippen molar-refractivity contribution in [2.75, 3.05) is 13.2 Å². The van der Waals surface area contributed by atoms with Gasteiger partial charge in [-0.15, -0.1) is 0 Å². The zero-order chi connectivity index (χ0) is 27.5. The molecule has 3 aromatic rings. The van der Waals surface area contributed by atoms with Gasteiger partial charge in [0.25, 0.3) is 0 Å². The van der Waals surface area contributed by atoms with Crippen LogP contribution in [0.1, 0.15) is 16.7 Å². The molecule has 0 bridgehead atoms. The summed E-state index contributed by atoms with van der Waals surface area (Å²) in [4.78, 5) is 0. The molecule has 1 aliphatic heterocycles. The number of rotatable bonds is 14. The van der Waals surface area contributed by atoms with E-state index in [0.717, 1.165) is 22.7 Å². The Morgan fingerprint density at radius 3 is 1.67 bits per heavy atom. The molecule has 0 unspecified atom stereocenters. The average molecular weight is 557 g/mol. The highest BCUT2D eigenvalue weighted by Gasteiger charge is 2.47. The predicted molar refractivity (Wildman–Crippen MR) is 155 cm³/mol. The average Bonchev–Trinajstić information content (AvgIpc) is 2.94. The molecule has 4 rings (SSSR count). The van der Waals surface area contributed by atoms with E-state index in [2.05, 4.69) is 19.6 Å². The Kier molecular flexibility index (Phi) is 11.3. The van der Waals surface area contributed by atoms with E-state index in [1.165, 1.54) is 0 Å². The van der Waals surface area contributed by atoms with Gasteiger partial charge < -0.3 is 28.8 Å². The number of hydrogen-bond donors (Lipinski definition) is 1. The molecule has 0 aliphatic carbocycles. The molecule has 1 fully saturated rings. The first kappa shape index (κ1) is 29.6. The SMILES string of the molecule is C[Si](C)(C)CCO[13C@@H]1O[13C@H]([13CH2]OCc2ccccc2)[13C@@H](O)[13C@H](OCc2ccccc2)[13C@H]1OCc1ccccc1. The van der Waals surface area contributed by atoms with Gasteiger partial charge in [-0.2, -0.15) is 0 Å². The Labute approximate surface area is 233 Å². The molecular formula is C32H42O6Si. The molecule has 1 heterocycles. The number of hydrogen-bond acceptors (Lipinski definition) is 6. The van der Waals surface area contributed by atoms with Gasteiger partial charge in [-0.3, -0.25) is 0 Å². The second-order valence-corrected chi connectivity index (χ2v) is 16.9. The van der Waals surface area contributed by atoms with E-state index in [4.69, 9.17) is 23.7 Å². The zero-order valence-corrected chi connectivity index (χ0v) is 24.3. The maximum Gasteiger partial charge on any atom is 0.186 e. The van der Waals surface area contributed by atoms with Crippen molar-refractivity contribution in [3.05, 3.63) is 108 Å². The fourth-order valence-corrected chi connectivity index (χ4v) is 5.14. The third kappa shape index (κ3) is 9.65. The lowest BCUT2D eigenvalue weighted by atomic mass is 10.2. The van der Waals surface area contributed by atoms with Crippen LogP contribution >= 0.6 is 0 Å². The van der Waals surface area contributed by atoms with E-state index < -0.39 is 38.8 Å². The lowest BCUT2D eigenvalue weighted by Gasteiger charge is -2.44. The van der Waals surface area contributed by atoms with Crippen molar-refractivity contribution < 1.29 is 28.8 Å². The van der Waals surface area contributed by atoms with Crippen LogP contribution in [-0.4, -0.2) is 57.1 Å². The van der Waals surface area contributed by atoms with Crippen LogP contribution in [0.2, 0.25) is 25.7 Å². The van der Waals surface area contributed by atoms with Gasteiger partial charge in [-0.25, -0.2) is 0 Å². The summed E-state index contributed by atoms with van der Waals surface area (Å²) in [7, 11) is -1.33. The summed E-state index contributed by atoms with van der Waals surface area (Å²) in [5, 5.41) is 11.5. The maximum absolute atomic E-state index is 11.5. The summed E-state index contributed by atoms with van der Waals surface area (Å²) in [6.45, 7) is 8.85. The highest BCUT2D eigenvalue weighted by molar-refractivity contribution is 6.76.